The summed E-state index contributed by atoms with van der Waals surface area (Å²) in [5.74, 6) is -1.82. The topological polar surface area (TPSA) is 86.7 Å². The standard InChI is InChI=1S/C20H25FN2O4S/c1-4-10-23(11-5-2)18-9-7-15(20(24)25)12-17(18)22-28(26,27)19-13-16(21)8-6-14(19)3/h6-9,12-13,22H,4-5,10-11H2,1-3H3,(H,24,25). The number of halogens is 1. The molecule has 152 valence electrons. The molecule has 2 aromatic rings. The predicted molar refractivity (Wildman–Crippen MR) is 108 cm³/mol. The third kappa shape index (κ3) is 5.01. The number of aromatic carboxylic acids is 1. The van der Waals surface area contributed by atoms with Gasteiger partial charge in [0.1, 0.15) is 5.82 Å². The van der Waals surface area contributed by atoms with Crippen LogP contribution >= 0.6 is 0 Å². The minimum Gasteiger partial charge on any atom is -0.478 e. The number of sulfonamides is 1. The maximum atomic E-state index is 13.6. The number of nitrogens with zero attached hydrogens (tertiary/aromatic N) is 1. The van der Waals surface area contributed by atoms with Gasteiger partial charge < -0.3 is 10.0 Å². The van der Waals surface area contributed by atoms with Crippen LogP contribution in [0, 0.1) is 12.7 Å². The van der Waals surface area contributed by atoms with Crippen molar-refractivity contribution in [3.8, 4) is 0 Å². The molecule has 2 N–H and O–H groups in total. The molecule has 0 amide bonds. The number of carbonyl (C=O) groups is 1. The molecule has 2 aromatic carbocycles. The van der Waals surface area contributed by atoms with Crippen LogP contribution in [0.4, 0.5) is 15.8 Å². The highest BCUT2D eigenvalue weighted by molar-refractivity contribution is 7.92. The summed E-state index contributed by atoms with van der Waals surface area (Å²) in [7, 11) is -4.10. The molecule has 0 aliphatic heterocycles. The number of benzene rings is 2. The first-order valence-electron chi connectivity index (χ1n) is 9.10. The van der Waals surface area contributed by atoms with E-state index < -0.39 is 21.8 Å². The molecule has 6 nitrogen and oxygen atoms in total. The number of rotatable bonds is 9. The first-order valence-corrected chi connectivity index (χ1v) is 10.6. The molecule has 28 heavy (non-hydrogen) atoms. The quantitative estimate of drug-likeness (QED) is 0.647. The lowest BCUT2D eigenvalue weighted by molar-refractivity contribution is 0.0697. The Morgan fingerprint density at radius 3 is 2.32 bits per heavy atom. The van der Waals surface area contributed by atoms with Gasteiger partial charge in [0.05, 0.1) is 21.8 Å². The molecule has 0 aromatic heterocycles. The fourth-order valence-corrected chi connectivity index (χ4v) is 4.30. The highest BCUT2D eigenvalue weighted by Gasteiger charge is 2.22. The Kier molecular flexibility index (Phi) is 7.01. The van der Waals surface area contributed by atoms with Crippen LogP contribution in [0.25, 0.3) is 0 Å². The van der Waals surface area contributed by atoms with E-state index in [1.807, 2.05) is 18.7 Å². The highest BCUT2D eigenvalue weighted by atomic mass is 32.2. The molecule has 0 aliphatic rings. The lowest BCUT2D eigenvalue weighted by Crippen LogP contribution is -2.27. The van der Waals surface area contributed by atoms with E-state index in [1.165, 1.54) is 24.3 Å². The van der Waals surface area contributed by atoms with Crippen molar-refractivity contribution < 1.29 is 22.7 Å². The fraction of sp³-hybridized carbons (Fsp3) is 0.350. The summed E-state index contributed by atoms with van der Waals surface area (Å²) in [6.07, 6.45) is 1.69. The zero-order valence-electron chi connectivity index (χ0n) is 16.2. The van der Waals surface area contributed by atoms with E-state index in [-0.39, 0.29) is 16.1 Å². The second-order valence-corrected chi connectivity index (χ2v) is 8.19. The Balaban J connectivity index is 2.56. The van der Waals surface area contributed by atoms with E-state index in [9.17, 15) is 22.7 Å². The van der Waals surface area contributed by atoms with Crippen LogP contribution in [0.15, 0.2) is 41.3 Å². The minimum absolute atomic E-state index is 0.0367. The van der Waals surface area contributed by atoms with Crippen molar-refractivity contribution >= 4 is 27.4 Å². The number of aryl methyl sites for hydroxylation is 1. The SMILES string of the molecule is CCCN(CCC)c1ccc(C(=O)O)cc1NS(=O)(=O)c1cc(F)ccc1C. The molecule has 8 heteroatoms. The highest BCUT2D eigenvalue weighted by Crippen LogP contribution is 2.31. The number of nitrogens with one attached hydrogen (secondary N) is 1. The number of carboxylic acids is 1. The summed E-state index contributed by atoms with van der Waals surface area (Å²) in [4.78, 5) is 13.2. The largest absolute Gasteiger partial charge is 0.478 e. The fourth-order valence-electron chi connectivity index (χ4n) is 2.98. The van der Waals surface area contributed by atoms with Crippen LogP contribution in [-0.4, -0.2) is 32.6 Å². The Morgan fingerprint density at radius 1 is 1.11 bits per heavy atom. The first-order chi connectivity index (χ1) is 13.2. The molecule has 0 bridgehead atoms. The minimum atomic E-state index is -4.10. The van der Waals surface area contributed by atoms with Gasteiger partial charge in [-0.2, -0.15) is 0 Å². The van der Waals surface area contributed by atoms with Gasteiger partial charge in [-0.05, 0) is 55.7 Å². The van der Waals surface area contributed by atoms with Gasteiger partial charge in [-0.3, -0.25) is 4.72 Å². The van der Waals surface area contributed by atoms with Gasteiger partial charge in [0.15, 0.2) is 0 Å². The van der Waals surface area contributed by atoms with E-state index in [2.05, 4.69) is 4.72 Å². The summed E-state index contributed by atoms with van der Waals surface area (Å²) in [5.41, 5.74) is 1.10. The second-order valence-electron chi connectivity index (χ2n) is 6.54. The first kappa shape index (κ1) is 21.7. The average Bonchev–Trinajstić information content (AvgIpc) is 2.63. The maximum absolute atomic E-state index is 13.6. The number of carboxylic acid groups (broad SMARTS) is 1. The van der Waals surface area contributed by atoms with Gasteiger partial charge >= 0.3 is 5.97 Å². The van der Waals surface area contributed by atoms with Crippen molar-refractivity contribution in [2.24, 2.45) is 0 Å². The van der Waals surface area contributed by atoms with Gasteiger partial charge in [0.25, 0.3) is 10.0 Å². The zero-order valence-corrected chi connectivity index (χ0v) is 17.0. The number of hydrogen-bond donors (Lipinski definition) is 2. The normalized spacial score (nSPS) is 11.3. The van der Waals surface area contributed by atoms with Gasteiger partial charge in [-0.15, -0.1) is 0 Å². The molecular formula is C20H25FN2O4S. The molecule has 0 fully saturated rings. The Hall–Kier alpha value is -2.61. The summed E-state index contributed by atoms with van der Waals surface area (Å²) in [5, 5.41) is 9.30. The Bertz CT molecular complexity index is 955. The summed E-state index contributed by atoms with van der Waals surface area (Å²) < 4.78 is 41.9. The molecule has 0 saturated heterocycles. The van der Waals surface area contributed by atoms with Crippen molar-refractivity contribution in [2.75, 3.05) is 22.7 Å². The van der Waals surface area contributed by atoms with Gasteiger partial charge in [-0.25, -0.2) is 17.6 Å². The summed E-state index contributed by atoms with van der Waals surface area (Å²) in [6.45, 7) is 6.97. The van der Waals surface area contributed by atoms with Crippen LogP contribution in [0.1, 0.15) is 42.6 Å². The van der Waals surface area contributed by atoms with Crippen molar-refractivity contribution in [3.05, 3.63) is 53.3 Å². The molecule has 0 atom stereocenters. The number of hydrogen-bond acceptors (Lipinski definition) is 4. The van der Waals surface area contributed by atoms with Crippen molar-refractivity contribution in [1.82, 2.24) is 0 Å². The van der Waals surface area contributed by atoms with E-state index >= 15 is 0 Å². The van der Waals surface area contributed by atoms with Crippen LogP contribution in [0.2, 0.25) is 0 Å². The van der Waals surface area contributed by atoms with Crippen LogP contribution < -0.4 is 9.62 Å². The lowest BCUT2D eigenvalue weighted by Gasteiger charge is -2.27. The number of anilines is 2. The van der Waals surface area contributed by atoms with Crippen molar-refractivity contribution in [3.63, 3.8) is 0 Å². The molecule has 0 radical (unpaired) electrons. The zero-order chi connectivity index (χ0) is 20.9. The summed E-state index contributed by atoms with van der Waals surface area (Å²) >= 11 is 0. The molecule has 2 rings (SSSR count). The van der Waals surface area contributed by atoms with Crippen LogP contribution in [-0.2, 0) is 10.0 Å². The molecule has 0 aliphatic carbocycles. The third-order valence-corrected chi connectivity index (χ3v) is 5.76. The Labute approximate surface area is 165 Å². The Morgan fingerprint density at radius 2 is 1.75 bits per heavy atom. The molecule has 0 spiro atoms. The van der Waals surface area contributed by atoms with Gasteiger partial charge in [0.2, 0.25) is 0 Å². The van der Waals surface area contributed by atoms with Gasteiger partial charge in [-0.1, -0.05) is 19.9 Å². The van der Waals surface area contributed by atoms with Gasteiger partial charge in [0, 0.05) is 13.1 Å². The summed E-state index contributed by atoms with van der Waals surface area (Å²) in [6, 6.07) is 7.87. The lowest BCUT2D eigenvalue weighted by atomic mass is 10.1. The van der Waals surface area contributed by atoms with E-state index in [1.54, 1.807) is 13.0 Å². The molecule has 0 heterocycles. The van der Waals surface area contributed by atoms with E-state index in [4.69, 9.17) is 0 Å². The second kappa shape index (κ2) is 9.05. The molecule has 0 unspecified atom stereocenters. The van der Waals surface area contributed by atoms with Crippen LogP contribution in [0.3, 0.4) is 0 Å². The molecule has 0 saturated carbocycles. The average molecular weight is 408 g/mol. The maximum Gasteiger partial charge on any atom is 0.335 e. The van der Waals surface area contributed by atoms with Crippen molar-refractivity contribution in [1.29, 1.82) is 0 Å². The van der Waals surface area contributed by atoms with Crippen LogP contribution in [0.5, 0.6) is 0 Å². The van der Waals surface area contributed by atoms with E-state index in [0.717, 1.165) is 18.9 Å². The van der Waals surface area contributed by atoms with Crippen molar-refractivity contribution in [2.45, 2.75) is 38.5 Å². The smallest absolute Gasteiger partial charge is 0.335 e. The molecular weight excluding hydrogens is 383 g/mol. The predicted octanol–water partition coefficient (Wildman–Crippen LogP) is 4.26. The monoisotopic (exact) mass is 408 g/mol. The third-order valence-electron chi connectivity index (χ3n) is 4.26. The van der Waals surface area contributed by atoms with E-state index in [0.29, 0.717) is 24.3 Å².